The van der Waals surface area contributed by atoms with Crippen molar-refractivity contribution in [1.29, 1.82) is 0 Å². The van der Waals surface area contributed by atoms with Gasteiger partial charge in [0, 0.05) is 13.1 Å². The number of para-hydroxylation sites is 2. The number of carbonyl (C=O) groups is 2. The lowest BCUT2D eigenvalue weighted by Gasteiger charge is -2.13. The molecule has 0 saturated heterocycles. The van der Waals surface area contributed by atoms with Crippen molar-refractivity contribution >= 4 is 11.8 Å². The van der Waals surface area contributed by atoms with E-state index in [9.17, 15) is 24.9 Å². The number of hydrogen-bond acceptors (Lipinski definition) is 5. The van der Waals surface area contributed by atoms with Crippen molar-refractivity contribution in [1.82, 2.24) is 10.6 Å². The number of aliphatic hydroxyl groups excluding tert-OH is 1. The molecule has 0 aliphatic carbocycles. The first-order valence-corrected chi connectivity index (χ1v) is 7.29. The fraction of sp³-hybridized carbons (Fsp3) is 0.176. The van der Waals surface area contributed by atoms with Crippen LogP contribution in [0, 0.1) is 0 Å². The fourth-order valence-corrected chi connectivity index (χ4v) is 2.01. The fourth-order valence-electron chi connectivity index (χ4n) is 2.01. The largest absolute Gasteiger partial charge is 0.507 e. The van der Waals surface area contributed by atoms with Gasteiger partial charge in [-0.25, -0.2) is 0 Å². The van der Waals surface area contributed by atoms with Gasteiger partial charge in [-0.15, -0.1) is 0 Å². The molecule has 7 nitrogen and oxygen atoms in total. The van der Waals surface area contributed by atoms with Gasteiger partial charge in [0.2, 0.25) is 0 Å². The molecule has 0 radical (unpaired) electrons. The quantitative estimate of drug-likeness (QED) is 0.532. The Labute approximate surface area is 138 Å². The molecule has 0 aromatic heterocycles. The minimum atomic E-state index is -1.02. The number of rotatable bonds is 6. The van der Waals surface area contributed by atoms with Gasteiger partial charge >= 0.3 is 0 Å². The highest BCUT2D eigenvalue weighted by Crippen LogP contribution is 2.15. The summed E-state index contributed by atoms with van der Waals surface area (Å²) in [6.07, 6.45) is -1.02. The first kappa shape index (κ1) is 17.3. The van der Waals surface area contributed by atoms with Gasteiger partial charge in [0.05, 0.1) is 17.2 Å². The summed E-state index contributed by atoms with van der Waals surface area (Å²) in [5, 5.41) is 33.9. The van der Waals surface area contributed by atoms with Crippen molar-refractivity contribution in [2.24, 2.45) is 0 Å². The zero-order chi connectivity index (χ0) is 17.5. The van der Waals surface area contributed by atoms with Crippen LogP contribution in [0.5, 0.6) is 11.5 Å². The number of nitrogens with one attached hydrogen (secondary N) is 2. The van der Waals surface area contributed by atoms with Gasteiger partial charge in [-0.1, -0.05) is 24.3 Å². The van der Waals surface area contributed by atoms with E-state index >= 15 is 0 Å². The van der Waals surface area contributed by atoms with Gasteiger partial charge in [0.25, 0.3) is 11.8 Å². The summed E-state index contributed by atoms with van der Waals surface area (Å²) < 4.78 is 0. The third kappa shape index (κ3) is 4.47. The van der Waals surface area contributed by atoms with Crippen LogP contribution >= 0.6 is 0 Å². The molecule has 0 unspecified atom stereocenters. The summed E-state index contributed by atoms with van der Waals surface area (Å²) in [6, 6.07) is 12.1. The van der Waals surface area contributed by atoms with Crippen LogP contribution in [0.1, 0.15) is 20.7 Å². The molecule has 0 bridgehead atoms. The first-order valence-electron chi connectivity index (χ1n) is 7.29. The van der Waals surface area contributed by atoms with E-state index in [0.29, 0.717) is 0 Å². The Morgan fingerprint density at radius 2 is 1.17 bits per heavy atom. The Morgan fingerprint density at radius 3 is 1.54 bits per heavy atom. The van der Waals surface area contributed by atoms with Gasteiger partial charge in [-0.3, -0.25) is 9.59 Å². The molecule has 0 aliphatic rings. The van der Waals surface area contributed by atoms with Gasteiger partial charge in [-0.2, -0.15) is 0 Å². The number of hydrogen-bond donors (Lipinski definition) is 5. The SMILES string of the molecule is O=C(NCC(O)CNC(=O)c1ccccc1O)c1ccccc1O. The van der Waals surface area contributed by atoms with Crippen molar-refractivity contribution in [2.45, 2.75) is 6.10 Å². The summed E-state index contributed by atoms with van der Waals surface area (Å²) in [6.45, 7) is -0.206. The lowest BCUT2D eigenvalue weighted by molar-refractivity contribution is 0.0882. The molecular weight excluding hydrogens is 312 g/mol. The molecule has 0 aliphatic heterocycles. The Balaban J connectivity index is 1.80. The average Bonchev–Trinajstić information content (AvgIpc) is 2.58. The van der Waals surface area contributed by atoms with Crippen LogP contribution in [0.25, 0.3) is 0 Å². The number of phenolic OH excluding ortho intramolecular Hbond substituents is 2. The third-order valence-electron chi connectivity index (χ3n) is 3.29. The number of phenols is 2. The maximum absolute atomic E-state index is 11.9. The molecule has 7 heteroatoms. The van der Waals surface area contributed by atoms with E-state index in [1.807, 2.05) is 0 Å². The molecule has 2 amide bonds. The predicted octanol–water partition coefficient (Wildman–Crippen LogP) is 0.618. The van der Waals surface area contributed by atoms with Crippen molar-refractivity contribution < 1.29 is 24.9 Å². The minimum absolute atomic E-state index is 0.0999. The Morgan fingerprint density at radius 1 is 0.792 bits per heavy atom. The zero-order valence-electron chi connectivity index (χ0n) is 12.8. The Hall–Kier alpha value is -3.06. The molecule has 126 valence electrons. The minimum Gasteiger partial charge on any atom is -0.507 e. The Kier molecular flexibility index (Phi) is 5.75. The number of carbonyl (C=O) groups excluding carboxylic acids is 2. The second-order valence-electron chi connectivity index (χ2n) is 5.11. The maximum atomic E-state index is 11.9. The summed E-state index contributed by atoms with van der Waals surface area (Å²) >= 11 is 0. The van der Waals surface area contributed by atoms with Gasteiger partial charge < -0.3 is 26.0 Å². The molecule has 24 heavy (non-hydrogen) atoms. The van der Waals surface area contributed by atoms with E-state index in [4.69, 9.17) is 0 Å². The Bertz CT molecular complexity index is 671. The van der Waals surface area contributed by atoms with Crippen LogP contribution in [-0.2, 0) is 0 Å². The molecule has 0 spiro atoms. The second-order valence-corrected chi connectivity index (χ2v) is 5.11. The van der Waals surface area contributed by atoms with E-state index in [1.54, 1.807) is 24.3 Å². The molecule has 0 heterocycles. The second kappa shape index (κ2) is 7.98. The zero-order valence-corrected chi connectivity index (χ0v) is 12.8. The average molecular weight is 330 g/mol. The van der Waals surface area contributed by atoms with Crippen LogP contribution in [0.2, 0.25) is 0 Å². The van der Waals surface area contributed by atoms with Crippen LogP contribution < -0.4 is 10.6 Å². The van der Waals surface area contributed by atoms with Crippen LogP contribution in [0.4, 0.5) is 0 Å². The molecule has 2 aromatic rings. The number of amides is 2. The van der Waals surface area contributed by atoms with Crippen molar-refractivity contribution in [3.8, 4) is 11.5 Å². The molecule has 2 rings (SSSR count). The standard InChI is InChI=1S/C17H18N2O5/c20-11(9-18-16(23)12-5-1-3-7-14(12)21)10-19-17(24)13-6-2-4-8-15(13)22/h1-8,11,20-22H,9-10H2,(H,18,23)(H,19,24). The van der Waals surface area contributed by atoms with E-state index in [1.165, 1.54) is 24.3 Å². The third-order valence-corrected chi connectivity index (χ3v) is 3.29. The van der Waals surface area contributed by atoms with Crippen molar-refractivity contribution in [3.63, 3.8) is 0 Å². The van der Waals surface area contributed by atoms with Crippen molar-refractivity contribution in [2.75, 3.05) is 13.1 Å². The molecule has 5 N–H and O–H groups in total. The molecule has 0 saturated carbocycles. The summed E-state index contributed by atoms with van der Waals surface area (Å²) in [5.74, 6) is -1.37. The summed E-state index contributed by atoms with van der Waals surface area (Å²) in [5.41, 5.74) is 0.200. The van der Waals surface area contributed by atoms with E-state index in [-0.39, 0.29) is 35.7 Å². The van der Waals surface area contributed by atoms with Crippen LogP contribution in [0.15, 0.2) is 48.5 Å². The highest BCUT2D eigenvalue weighted by atomic mass is 16.3. The number of aromatic hydroxyl groups is 2. The smallest absolute Gasteiger partial charge is 0.255 e. The molecular formula is C17H18N2O5. The lowest BCUT2D eigenvalue weighted by atomic mass is 10.2. The predicted molar refractivity (Wildman–Crippen MR) is 86.9 cm³/mol. The highest BCUT2D eigenvalue weighted by Gasteiger charge is 2.14. The number of benzene rings is 2. The number of aliphatic hydroxyl groups is 1. The van der Waals surface area contributed by atoms with Crippen LogP contribution in [-0.4, -0.2) is 46.3 Å². The maximum Gasteiger partial charge on any atom is 0.255 e. The van der Waals surface area contributed by atoms with Gasteiger partial charge in [0.15, 0.2) is 0 Å². The monoisotopic (exact) mass is 330 g/mol. The highest BCUT2D eigenvalue weighted by molar-refractivity contribution is 5.97. The van der Waals surface area contributed by atoms with E-state index in [2.05, 4.69) is 10.6 Å². The van der Waals surface area contributed by atoms with E-state index < -0.39 is 17.9 Å². The normalized spacial score (nSPS) is 10.4. The molecule has 0 fully saturated rings. The molecule has 0 atom stereocenters. The lowest BCUT2D eigenvalue weighted by Crippen LogP contribution is -2.40. The summed E-state index contributed by atoms with van der Waals surface area (Å²) in [4.78, 5) is 23.7. The summed E-state index contributed by atoms with van der Waals surface area (Å²) in [7, 11) is 0. The molecule has 2 aromatic carbocycles. The van der Waals surface area contributed by atoms with Gasteiger partial charge in [0.1, 0.15) is 11.5 Å². The first-order chi connectivity index (χ1) is 11.5. The van der Waals surface area contributed by atoms with Gasteiger partial charge in [-0.05, 0) is 24.3 Å². The topological polar surface area (TPSA) is 119 Å². The van der Waals surface area contributed by atoms with E-state index in [0.717, 1.165) is 0 Å². The van der Waals surface area contributed by atoms with Crippen molar-refractivity contribution in [3.05, 3.63) is 59.7 Å². The van der Waals surface area contributed by atoms with Crippen LogP contribution in [0.3, 0.4) is 0 Å².